The highest BCUT2D eigenvalue weighted by Crippen LogP contribution is 2.13. The topological polar surface area (TPSA) is 78.9 Å². The molecule has 5 heteroatoms. The molecule has 1 aromatic heterocycles. The van der Waals surface area contributed by atoms with E-state index in [1.54, 1.807) is 31.2 Å². The molecule has 0 radical (unpaired) electrons. The minimum absolute atomic E-state index is 0.00635. The molecule has 0 aliphatic carbocycles. The minimum Gasteiger partial charge on any atom is -0.476 e. The van der Waals surface area contributed by atoms with E-state index in [1.165, 1.54) is 10.7 Å². The van der Waals surface area contributed by atoms with Crippen molar-refractivity contribution in [3.05, 3.63) is 47.3 Å². The van der Waals surface area contributed by atoms with Crippen molar-refractivity contribution < 1.29 is 9.90 Å². The monoisotopic (exact) mass is 227 g/mol. The van der Waals surface area contributed by atoms with Crippen molar-refractivity contribution in [3.63, 3.8) is 0 Å². The molecule has 0 saturated heterocycles. The highest BCUT2D eigenvalue weighted by molar-refractivity contribution is 5.85. The molecule has 84 valence electrons. The second-order valence-electron chi connectivity index (χ2n) is 3.55. The van der Waals surface area contributed by atoms with Crippen LogP contribution in [0.1, 0.15) is 21.7 Å². The van der Waals surface area contributed by atoms with Gasteiger partial charge in [-0.1, -0.05) is 0 Å². The van der Waals surface area contributed by atoms with Crippen molar-refractivity contribution in [2.24, 2.45) is 0 Å². The lowest BCUT2D eigenvalue weighted by molar-refractivity contribution is 0.0690. The summed E-state index contributed by atoms with van der Waals surface area (Å²) in [7, 11) is 0. The van der Waals surface area contributed by atoms with E-state index < -0.39 is 5.97 Å². The maximum absolute atomic E-state index is 10.8. The van der Waals surface area contributed by atoms with Crippen molar-refractivity contribution in [2.75, 3.05) is 0 Å². The van der Waals surface area contributed by atoms with Crippen molar-refractivity contribution in [3.8, 4) is 11.8 Å². The Labute approximate surface area is 97.5 Å². The molecule has 2 rings (SSSR count). The van der Waals surface area contributed by atoms with Gasteiger partial charge in [0.25, 0.3) is 0 Å². The number of carboxylic acid groups (broad SMARTS) is 1. The molecule has 5 nitrogen and oxygen atoms in total. The molecule has 1 heterocycles. The summed E-state index contributed by atoms with van der Waals surface area (Å²) < 4.78 is 1.53. The van der Waals surface area contributed by atoms with Gasteiger partial charge in [0.2, 0.25) is 0 Å². The third kappa shape index (κ3) is 2.01. The highest BCUT2D eigenvalue weighted by atomic mass is 16.4. The van der Waals surface area contributed by atoms with Gasteiger partial charge in [-0.05, 0) is 37.3 Å². The highest BCUT2D eigenvalue weighted by Gasteiger charge is 2.11. The Morgan fingerprint density at radius 2 is 2.06 bits per heavy atom. The fourth-order valence-corrected chi connectivity index (χ4v) is 1.52. The molecule has 0 amide bonds. The predicted octanol–water partition coefficient (Wildman–Crippen LogP) is 1.75. The summed E-state index contributed by atoms with van der Waals surface area (Å²) in [4.78, 5) is 10.8. The first-order chi connectivity index (χ1) is 8.11. The summed E-state index contributed by atoms with van der Waals surface area (Å²) in [5.41, 5.74) is 2.02. The van der Waals surface area contributed by atoms with Crippen LogP contribution in [0.5, 0.6) is 0 Å². The Hall–Kier alpha value is -2.61. The van der Waals surface area contributed by atoms with Crippen LogP contribution in [0, 0.1) is 18.3 Å². The zero-order chi connectivity index (χ0) is 12.4. The number of rotatable bonds is 2. The Kier molecular flexibility index (Phi) is 2.63. The lowest BCUT2D eigenvalue weighted by Gasteiger charge is -2.03. The van der Waals surface area contributed by atoms with Gasteiger partial charge in [-0.3, -0.25) is 0 Å². The van der Waals surface area contributed by atoms with Crippen LogP contribution in [0.3, 0.4) is 0 Å². The number of nitrogens with zero attached hydrogens (tertiary/aromatic N) is 3. The number of benzene rings is 1. The van der Waals surface area contributed by atoms with E-state index in [1.807, 2.05) is 6.07 Å². The molecule has 2 aromatic rings. The molecule has 0 aliphatic heterocycles. The number of carboxylic acids is 1. The Morgan fingerprint density at radius 1 is 1.41 bits per heavy atom. The van der Waals surface area contributed by atoms with Crippen LogP contribution >= 0.6 is 0 Å². The molecular formula is C12H9N3O2. The molecule has 0 aliphatic rings. The van der Waals surface area contributed by atoms with E-state index in [0.717, 1.165) is 11.4 Å². The largest absolute Gasteiger partial charge is 0.476 e. The Balaban J connectivity index is 2.46. The van der Waals surface area contributed by atoms with E-state index >= 15 is 0 Å². The maximum Gasteiger partial charge on any atom is 0.356 e. The molecular weight excluding hydrogens is 218 g/mol. The van der Waals surface area contributed by atoms with Gasteiger partial charge >= 0.3 is 5.97 Å². The first kappa shape index (κ1) is 10.9. The van der Waals surface area contributed by atoms with Gasteiger partial charge < -0.3 is 5.11 Å². The second-order valence-corrected chi connectivity index (χ2v) is 3.55. The van der Waals surface area contributed by atoms with Crippen LogP contribution in [-0.4, -0.2) is 20.9 Å². The fraction of sp³-hybridized carbons (Fsp3) is 0.0833. The normalized spacial score (nSPS) is 9.88. The van der Waals surface area contributed by atoms with E-state index in [9.17, 15) is 4.79 Å². The van der Waals surface area contributed by atoms with Crippen molar-refractivity contribution >= 4 is 5.97 Å². The second kappa shape index (κ2) is 4.10. The zero-order valence-corrected chi connectivity index (χ0v) is 9.08. The van der Waals surface area contributed by atoms with Crippen molar-refractivity contribution in [1.82, 2.24) is 9.78 Å². The average Bonchev–Trinajstić information content (AvgIpc) is 2.72. The Morgan fingerprint density at radius 3 is 2.53 bits per heavy atom. The lowest BCUT2D eigenvalue weighted by atomic mass is 10.2. The van der Waals surface area contributed by atoms with Crippen LogP contribution in [0.25, 0.3) is 5.69 Å². The van der Waals surface area contributed by atoms with Crippen LogP contribution in [-0.2, 0) is 0 Å². The number of aryl methyl sites for hydroxylation is 1. The fourth-order valence-electron chi connectivity index (χ4n) is 1.52. The van der Waals surface area contributed by atoms with E-state index in [0.29, 0.717) is 5.56 Å². The van der Waals surface area contributed by atoms with Crippen LogP contribution in [0.4, 0.5) is 0 Å². The third-order valence-electron chi connectivity index (χ3n) is 2.35. The van der Waals surface area contributed by atoms with Gasteiger partial charge in [0.05, 0.1) is 17.3 Å². The minimum atomic E-state index is -1.06. The number of hydrogen-bond acceptors (Lipinski definition) is 3. The van der Waals surface area contributed by atoms with Crippen molar-refractivity contribution in [1.29, 1.82) is 5.26 Å². The quantitative estimate of drug-likeness (QED) is 0.847. The van der Waals surface area contributed by atoms with Gasteiger partial charge in [-0.25, -0.2) is 9.48 Å². The molecule has 17 heavy (non-hydrogen) atoms. The van der Waals surface area contributed by atoms with Crippen molar-refractivity contribution in [2.45, 2.75) is 6.92 Å². The predicted molar refractivity (Wildman–Crippen MR) is 60.0 cm³/mol. The smallest absolute Gasteiger partial charge is 0.356 e. The molecule has 1 aromatic carbocycles. The SMILES string of the molecule is Cc1cc(C(=O)O)nn1-c1ccc(C#N)cc1. The van der Waals surface area contributed by atoms with E-state index in [-0.39, 0.29) is 5.69 Å². The lowest BCUT2D eigenvalue weighted by Crippen LogP contribution is -2.02. The van der Waals surface area contributed by atoms with E-state index in [2.05, 4.69) is 5.10 Å². The van der Waals surface area contributed by atoms with Crippen LogP contribution in [0.15, 0.2) is 30.3 Å². The summed E-state index contributed by atoms with van der Waals surface area (Å²) >= 11 is 0. The van der Waals surface area contributed by atoms with Gasteiger partial charge in [0, 0.05) is 5.69 Å². The summed E-state index contributed by atoms with van der Waals surface area (Å²) in [6.07, 6.45) is 0. The first-order valence-corrected chi connectivity index (χ1v) is 4.92. The molecule has 0 atom stereocenters. The molecule has 1 N–H and O–H groups in total. The van der Waals surface area contributed by atoms with Gasteiger partial charge in [0.15, 0.2) is 5.69 Å². The number of aromatic nitrogens is 2. The molecule has 0 unspecified atom stereocenters. The zero-order valence-electron chi connectivity index (χ0n) is 9.08. The van der Waals surface area contributed by atoms with Crippen LogP contribution < -0.4 is 0 Å². The average molecular weight is 227 g/mol. The van der Waals surface area contributed by atoms with Gasteiger partial charge in [0.1, 0.15) is 0 Å². The molecule has 0 saturated carbocycles. The van der Waals surface area contributed by atoms with Gasteiger partial charge in [-0.15, -0.1) is 0 Å². The molecule has 0 fully saturated rings. The summed E-state index contributed by atoms with van der Waals surface area (Å²) in [6.45, 7) is 1.78. The standard InChI is InChI=1S/C12H9N3O2/c1-8-6-11(12(16)17)14-15(8)10-4-2-9(7-13)3-5-10/h2-6H,1H3,(H,16,17). The summed E-state index contributed by atoms with van der Waals surface area (Å²) in [5, 5.41) is 21.5. The van der Waals surface area contributed by atoms with Crippen LogP contribution in [0.2, 0.25) is 0 Å². The molecule has 0 spiro atoms. The first-order valence-electron chi connectivity index (χ1n) is 4.92. The third-order valence-corrected chi connectivity index (χ3v) is 2.35. The van der Waals surface area contributed by atoms with Gasteiger partial charge in [-0.2, -0.15) is 10.4 Å². The number of aromatic carboxylic acids is 1. The number of hydrogen-bond donors (Lipinski definition) is 1. The number of carbonyl (C=O) groups is 1. The summed E-state index contributed by atoms with van der Waals surface area (Å²) in [6, 6.07) is 10.3. The number of nitriles is 1. The maximum atomic E-state index is 10.8. The molecule has 0 bridgehead atoms. The van der Waals surface area contributed by atoms with E-state index in [4.69, 9.17) is 10.4 Å². The Bertz CT molecular complexity index is 606. The summed E-state index contributed by atoms with van der Waals surface area (Å²) in [5.74, 6) is -1.06.